The summed E-state index contributed by atoms with van der Waals surface area (Å²) in [6, 6.07) is 2.98. The lowest BCUT2D eigenvalue weighted by Crippen LogP contribution is -2.68. The Kier molecular flexibility index (Phi) is 7.79. The minimum Gasteiger partial charge on any atom is -0.543 e. The van der Waals surface area contributed by atoms with Crippen molar-refractivity contribution >= 4 is 75.9 Å². The molecular formula is C18H18Cl3N7O4S2. The number of fused-ring (bicyclic) bond motifs is 1. The molecule has 0 radical (unpaired) electrons. The highest BCUT2D eigenvalue weighted by Gasteiger charge is 2.52. The van der Waals surface area contributed by atoms with Gasteiger partial charge in [-0.05, 0) is 16.0 Å². The number of aromatic nitrogens is 5. The number of anilines is 1. The van der Waals surface area contributed by atoms with Crippen molar-refractivity contribution in [3.05, 3.63) is 35.8 Å². The molecule has 11 nitrogen and oxygen atoms in total. The van der Waals surface area contributed by atoms with Gasteiger partial charge < -0.3 is 20.0 Å². The molecule has 1 amide bonds. The number of pyridine rings is 1. The van der Waals surface area contributed by atoms with Crippen LogP contribution < -0.4 is 15.0 Å². The third-order valence-electron chi connectivity index (χ3n) is 4.92. The van der Waals surface area contributed by atoms with Gasteiger partial charge in [-0.15, -0.1) is 16.9 Å². The van der Waals surface area contributed by atoms with Crippen LogP contribution in [0.3, 0.4) is 0 Å². The first-order chi connectivity index (χ1) is 16.1. The van der Waals surface area contributed by atoms with Crippen LogP contribution in [0.2, 0.25) is 0 Å². The Labute approximate surface area is 217 Å². The zero-order chi connectivity index (χ0) is 24.5. The van der Waals surface area contributed by atoms with E-state index < -0.39 is 15.8 Å². The quantitative estimate of drug-likeness (QED) is 0.196. The summed E-state index contributed by atoms with van der Waals surface area (Å²) in [4.78, 5) is 26.1. The van der Waals surface area contributed by atoms with E-state index in [0.29, 0.717) is 27.9 Å². The maximum Gasteiger partial charge on any atom is 0.253 e. The number of ether oxygens (including phenoxy) is 1. The minimum absolute atomic E-state index is 0.0553. The van der Waals surface area contributed by atoms with Crippen LogP contribution in [0.4, 0.5) is 5.69 Å². The number of aryl methyl sites for hydroxylation is 1. The number of carbonyl (C=O) groups is 2. The Balaban J connectivity index is 1.38. The molecule has 0 aromatic carbocycles. The number of hydrogen-bond donors (Lipinski definition) is 1. The normalized spacial score (nSPS) is 20.2. The van der Waals surface area contributed by atoms with E-state index in [2.05, 4.69) is 20.8 Å². The standard InChI is InChI=1S/C18H18Cl3N7O4S2/c1-26-17(23-24-25-26)34-7-10-6-33-15-12(14(29)28(15)13(10)16(30)31)22-11-2-4-27(5-3-11)9-32-8-18(19,20)21/h2-5,12,15H,6-9H2,1H3,(H,30,31)/t12-,15-/m1/s1. The van der Waals surface area contributed by atoms with Gasteiger partial charge in [-0.25, -0.2) is 4.68 Å². The zero-order valence-electron chi connectivity index (χ0n) is 17.6. The van der Waals surface area contributed by atoms with Crippen LogP contribution in [0, 0.1) is 0 Å². The van der Waals surface area contributed by atoms with E-state index in [9.17, 15) is 14.7 Å². The van der Waals surface area contributed by atoms with E-state index >= 15 is 0 Å². The van der Waals surface area contributed by atoms with Crippen LogP contribution in [-0.2, 0) is 28.1 Å². The maximum atomic E-state index is 12.9. The van der Waals surface area contributed by atoms with Gasteiger partial charge in [0.2, 0.25) is 8.95 Å². The van der Waals surface area contributed by atoms with Gasteiger partial charge in [0, 0.05) is 36.4 Å². The molecule has 1 saturated heterocycles. The SMILES string of the molecule is Cn1nnnc1SCC1=C(C(=O)[O-])N2C(=O)[C@@H](Nc3cc[n+](COCC(Cl)(Cl)Cl)cc3)[C@H]2SC1. The lowest BCUT2D eigenvalue weighted by molar-refractivity contribution is -0.732. The molecule has 0 unspecified atom stereocenters. The highest BCUT2D eigenvalue weighted by Crippen LogP contribution is 2.42. The van der Waals surface area contributed by atoms with Gasteiger partial charge in [0.1, 0.15) is 18.0 Å². The fourth-order valence-electron chi connectivity index (χ4n) is 3.36. The molecule has 2 aromatic heterocycles. The monoisotopic (exact) mass is 565 g/mol. The molecule has 2 aliphatic heterocycles. The Bertz CT molecular complexity index is 1110. The van der Waals surface area contributed by atoms with Crippen molar-refractivity contribution in [2.75, 3.05) is 23.4 Å². The van der Waals surface area contributed by atoms with Gasteiger partial charge in [0.05, 0.1) is 11.7 Å². The number of hydrogen-bond acceptors (Lipinski definition) is 10. The number of nitrogens with zero attached hydrogens (tertiary/aromatic N) is 6. The Hall–Kier alpha value is -1.77. The predicted octanol–water partition coefficient (Wildman–Crippen LogP) is 0.334. The molecule has 4 heterocycles. The number of tetrazole rings is 1. The number of thioether (sulfide) groups is 2. The molecule has 2 aliphatic rings. The average Bonchev–Trinajstić information content (AvgIpc) is 3.20. The number of amides is 1. The van der Waals surface area contributed by atoms with Crippen molar-refractivity contribution in [3.63, 3.8) is 0 Å². The number of aliphatic carboxylic acids is 1. The minimum atomic E-state index is -1.49. The second-order valence-electron chi connectivity index (χ2n) is 7.34. The van der Waals surface area contributed by atoms with Crippen molar-refractivity contribution in [3.8, 4) is 0 Å². The molecule has 0 aliphatic carbocycles. The molecule has 16 heteroatoms. The van der Waals surface area contributed by atoms with Gasteiger partial charge in [0.15, 0.2) is 12.4 Å². The van der Waals surface area contributed by atoms with Gasteiger partial charge in [-0.2, -0.15) is 4.57 Å². The number of carbonyl (C=O) groups excluding carboxylic acids is 2. The van der Waals surface area contributed by atoms with E-state index in [0.717, 1.165) is 0 Å². The molecule has 34 heavy (non-hydrogen) atoms. The molecule has 0 bridgehead atoms. The summed E-state index contributed by atoms with van der Waals surface area (Å²) < 4.78 is 7.07. The number of carboxylic acids is 1. The van der Waals surface area contributed by atoms with Crippen molar-refractivity contribution in [2.24, 2.45) is 7.05 Å². The van der Waals surface area contributed by atoms with Crippen LogP contribution >= 0.6 is 58.3 Å². The van der Waals surface area contributed by atoms with E-state index in [1.165, 1.54) is 33.1 Å². The topological polar surface area (TPSA) is 129 Å². The van der Waals surface area contributed by atoms with Crippen molar-refractivity contribution < 1.29 is 24.0 Å². The first-order valence-electron chi connectivity index (χ1n) is 9.77. The number of carboxylic acid groups (broad SMARTS) is 1. The highest BCUT2D eigenvalue weighted by atomic mass is 35.6. The Morgan fingerprint density at radius 3 is 2.76 bits per heavy atom. The Morgan fingerprint density at radius 1 is 1.41 bits per heavy atom. The van der Waals surface area contributed by atoms with Crippen LogP contribution in [0.15, 0.2) is 41.0 Å². The molecule has 2 atom stereocenters. The second-order valence-corrected chi connectivity index (χ2v) is 11.9. The van der Waals surface area contributed by atoms with Crippen LogP contribution in [-0.4, -0.2) is 70.3 Å². The van der Waals surface area contributed by atoms with Crippen molar-refractivity contribution in [1.82, 2.24) is 25.1 Å². The summed E-state index contributed by atoms with van der Waals surface area (Å²) in [6.45, 7) is 0.133. The number of rotatable bonds is 9. The molecular weight excluding hydrogens is 549 g/mol. The first-order valence-corrected chi connectivity index (χ1v) is 12.9. The van der Waals surface area contributed by atoms with Crippen LogP contribution in [0.1, 0.15) is 0 Å². The molecule has 2 aromatic rings. The number of halogens is 3. The van der Waals surface area contributed by atoms with Crippen molar-refractivity contribution in [1.29, 1.82) is 0 Å². The number of nitrogens with one attached hydrogen (secondary N) is 1. The summed E-state index contributed by atoms with van der Waals surface area (Å²) >= 11 is 19.8. The molecule has 1 N–H and O–H groups in total. The third kappa shape index (κ3) is 5.71. The van der Waals surface area contributed by atoms with Crippen LogP contribution in [0.5, 0.6) is 0 Å². The van der Waals surface area contributed by atoms with E-state index in [1.54, 1.807) is 36.1 Å². The summed E-state index contributed by atoms with van der Waals surface area (Å²) in [7, 11) is 1.69. The lowest BCUT2D eigenvalue weighted by atomic mass is 10.0. The smallest absolute Gasteiger partial charge is 0.253 e. The third-order valence-corrected chi connectivity index (χ3v) is 7.68. The fourth-order valence-corrected chi connectivity index (χ4v) is 5.93. The maximum absolute atomic E-state index is 12.9. The van der Waals surface area contributed by atoms with E-state index in [4.69, 9.17) is 39.5 Å². The molecule has 4 rings (SSSR count). The zero-order valence-corrected chi connectivity index (χ0v) is 21.5. The number of β-lactam (4-membered cyclic amide) rings is 1. The van der Waals surface area contributed by atoms with Gasteiger partial charge in [-0.3, -0.25) is 9.69 Å². The second kappa shape index (κ2) is 10.5. The fraction of sp³-hybridized carbons (Fsp3) is 0.444. The average molecular weight is 567 g/mol. The van der Waals surface area contributed by atoms with Gasteiger partial charge in [-0.1, -0.05) is 46.6 Å². The molecule has 0 spiro atoms. The van der Waals surface area contributed by atoms with Gasteiger partial charge in [0.25, 0.3) is 12.6 Å². The summed E-state index contributed by atoms with van der Waals surface area (Å²) in [6.07, 6.45) is 3.50. The lowest BCUT2D eigenvalue weighted by Gasteiger charge is -2.51. The summed E-state index contributed by atoms with van der Waals surface area (Å²) in [5, 5.41) is 26.5. The highest BCUT2D eigenvalue weighted by molar-refractivity contribution is 8.01. The molecule has 0 saturated carbocycles. The van der Waals surface area contributed by atoms with Gasteiger partial charge >= 0.3 is 0 Å². The summed E-state index contributed by atoms with van der Waals surface area (Å²) in [5.41, 5.74) is 1.22. The first kappa shape index (κ1) is 25.3. The van der Waals surface area contributed by atoms with Crippen molar-refractivity contribution in [2.45, 2.75) is 27.1 Å². The van der Waals surface area contributed by atoms with E-state index in [-0.39, 0.29) is 30.3 Å². The number of alkyl halides is 3. The molecule has 1 fully saturated rings. The largest absolute Gasteiger partial charge is 0.543 e. The molecule has 182 valence electrons. The van der Waals surface area contributed by atoms with Crippen LogP contribution in [0.25, 0.3) is 0 Å². The Morgan fingerprint density at radius 2 is 2.15 bits per heavy atom. The van der Waals surface area contributed by atoms with E-state index in [1.807, 2.05) is 0 Å². The summed E-state index contributed by atoms with van der Waals surface area (Å²) in [5.74, 6) is -0.928. The predicted molar refractivity (Wildman–Crippen MR) is 125 cm³/mol.